The van der Waals surface area contributed by atoms with Crippen molar-refractivity contribution in [3.63, 3.8) is 0 Å². The lowest BCUT2D eigenvalue weighted by Gasteiger charge is -2.61. The average molecular weight is 1130 g/mol. The summed E-state index contributed by atoms with van der Waals surface area (Å²) < 4.78 is 18.5. The Balaban J connectivity index is 0.990. The lowest BCUT2D eigenvalue weighted by atomic mass is 9.43. The summed E-state index contributed by atoms with van der Waals surface area (Å²) in [6.45, 7) is 14.1. The van der Waals surface area contributed by atoms with Crippen LogP contribution in [0.4, 0.5) is 34.1 Å². The van der Waals surface area contributed by atoms with Gasteiger partial charge in [-0.15, -0.1) is 22.7 Å². The molecule has 4 aromatic heterocycles. The number of fused-ring (bicyclic) bond motifs is 17. The number of furan rings is 2. The summed E-state index contributed by atoms with van der Waals surface area (Å²) in [7, 11) is 0. The Morgan fingerprint density at radius 2 is 0.774 bits per heavy atom. The molecule has 14 aromatic rings. The highest BCUT2D eigenvalue weighted by molar-refractivity contribution is 7.27. The van der Waals surface area contributed by atoms with E-state index >= 15 is 0 Å². The molecular weight excluding hydrogens is 1060 g/mol. The van der Waals surface area contributed by atoms with Gasteiger partial charge in [-0.1, -0.05) is 139 Å². The summed E-state index contributed by atoms with van der Waals surface area (Å²) in [5.74, 6) is 2.53. The molecule has 10 aromatic carbocycles. The minimum atomic E-state index is -0.233. The van der Waals surface area contributed by atoms with Crippen LogP contribution in [-0.2, 0) is 16.2 Å². The van der Waals surface area contributed by atoms with Crippen LogP contribution in [0.3, 0.4) is 0 Å². The van der Waals surface area contributed by atoms with Gasteiger partial charge in [-0.3, -0.25) is 0 Å². The van der Waals surface area contributed by atoms with E-state index in [9.17, 15) is 0 Å². The van der Waals surface area contributed by atoms with Crippen LogP contribution in [0.5, 0.6) is 0 Å². The van der Waals surface area contributed by atoms with Gasteiger partial charge in [-0.05, 0) is 197 Å². The molecule has 0 radical (unpaired) electrons. The zero-order valence-electron chi connectivity index (χ0n) is 48.3. The molecule has 0 saturated heterocycles. The van der Waals surface area contributed by atoms with E-state index in [4.69, 9.17) is 8.83 Å². The molecule has 6 heteroatoms. The molecule has 0 unspecified atom stereocenters. The van der Waals surface area contributed by atoms with Gasteiger partial charge in [-0.25, -0.2) is 0 Å². The predicted octanol–water partition coefficient (Wildman–Crippen LogP) is 23.5. The van der Waals surface area contributed by atoms with E-state index in [-0.39, 0.29) is 16.2 Å². The van der Waals surface area contributed by atoms with Gasteiger partial charge in [0.15, 0.2) is 0 Å². The zero-order chi connectivity index (χ0) is 56.1. The summed E-state index contributed by atoms with van der Waals surface area (Å²) in [6, 6.07) is 74.0. The first-order valence-electron chi connectivity index (χ1n) is 30.5. The first-order valence-corrected chi connectivity index (χ1v) is 32.1. The fraction of sp³-hybridized carbons (Fsp3) is 0.231. The van der Waals surface area contributed by atoms with Gasteiger partial charge in [-0.2, -0.15) is 0 Å². The number of hydrogen-bond donors (Lipinski definition) is 0. The highest BCUT2D eigenvalue weighted by Gasteiger charge is 2.63. The van der Waals surface area contributed by atoms with Crippen molar-refractivity contribution in [1.82, 2.24) is 0 Å². The topological polar surface area (TPSA) is 32.8 Å². The van der Waals surface area contributed by atoms with Gasteiger partial charge in [0.25, 0.3) is 0 Å². The molecule has 19 rings (SSSR count). The summed E-state index contributed by atoms with van der Waals surface area (Å²) in [5, 5.41) is 10.0. The fourth-order valence-corrected chi connectivity index (χ4v) is 19.4. The first kappa shape index (κ1) is 49.3. The SMILES string of the molecule is CC(C)(C)c1cccc(N(c2ccc3oc4ccccc4c3c2)c2cc3c(c4c2sc2ccccc24)-c2c(cc(N(c4cccc(C(C)(C)C)c4)c4ccc5oc6ccccc6c5c4)c4sc5ccccc5c24)C32C3CC4CC(C3)CC2C4)c1. The molecule has 4 fully saturated rings. The number of rotatable bonds is 6. The van der Waals surface area contributed by atoms with Crippen LogP contribution in [0.15, 0.2) is 203 Å². The molecular formula is C78H64N2O2S2. The normalized spacial score (nSPS) is 18.9. The highest BCUT2D eigenvalue weighted by Crippen LogP contribution is 2.73. The second-order valence-electron chi connectivity index (χ2n) is 27.2. The van der Waals surface area contributed by atoms with Crippen molar-refractivity contribution in [2.45, 2.75) is 89.9 Å². The molecule has 4 nitrogen and oxygen atoms in total. The third-order valence-corrected chi connectivity index (χ3v) is 22.9. The molecule has 410 valence electrons. The quantitative estimate of drug-likeness (QED) is 0.166. The summed E-state index contributed by atoms with van der Waals surface area (Å²) in [4.78, 5) is 5.28. The van der Waals surface area contributed by atoms with Crippen LogP contribution in [0.2, 0.25) is 0 Å². The van der Waals surface area contributed by atoms with Crippen LogP contribution < -0.4 is 9.80 Å². The summed E-state index contributed by atoms with van der Waals surface area (Å²) in [5.41, 5.74) is 19.1. The van der Waals surface area contributed by atoms with Gasteiger partial charge in [0.2, 0.25) is 0 Å². The van der Waals surface area contributed by atoms with E-state index in [1.165, 1.54) is 117 Å². The summed E-state index contributed by atoms with van der Waals surface area (Å²) in [6.07, 6.45) is 6.46. The van der Waals surface area contributed by atoms with E-state index in [0.717, 1.165) is 67.1 Å². The maximum Gasteiger partial charge on any atom is 0.135 e. The van der Waals surface area contributed by atoms with Crippen LogP contribution in [0.25, 0.3) is 95.3 Å². The van der Waals surface area contributed by atoms with Gasteiger partial charge >= 0.3 is 0 Å². The van der Waals surface area contributed by atoms with Crippen LogP contribution in [0.1, 0.15) is 95.9 Å². The predicted molar refractivity (Wildman–Crippen MR) is 357 cm³/mol. The van der Waals surface area contributed by atoms with Crippen molar-refractivity contribution in [2.75, 3.05) is 9.80 Å². The molecule has 5 aliphatic rings. The van der Waals surface area contributed by atoms with Gasteiger partial charge in [0.05, 0.1) is 20.8 Å². The minimum Gasteiger partial charge on any atom is -0.456 e. The summed E-state index contributed by atoms with van der Waals surface area (Å²) >= 11 is 3.95. The number of para-hydroxylation sites is 2. The van der Waals surface area contributed by atoms with Crippen LogP contribution in [-0.4, -0.2) is 0 Å². The minimum absolute atomic E-state index is 0.0598. The van der Waals surface area contributed by atoms with Gasteiger partial charge in [0.1, 0.15) is 22.3 Å². The molecule has 84 heavy (non-hydrogen) atoms. The van der Waals surface area contributed by atoms with E-state index < -0.39 is 0 Å². The first-order chi connectivity index (χ1) is 40.8. The number of hydrogen-bond acceptors (Lipinski definition) is 6. The zero-order valence-corrected chi connectivity index (χ0v) is 50.0. The molecule has 0 atom stereocenters. The Bertz CT molecular complexity index is 4780. The molecule has 0 amide bonds. The van der Waals surface area contributed by atoms with E-state index in [2.05, 4.69) is 245 Å². The maximum atomic E-state index is 6.57. The van der Waals surface area contributed by atoms with Crippen molar-refractivity contribution in [3.8, 4) is 11.1 Å². The molecule has 1 spiro atoms. The Kier molecular flexibility index (Phi) is 10.2. The maximum absolute atomic E-state index is 6.57. The number of nitrogens with zero attached hydrogens (tertiary/aromatic N) is 2. The third kappa shape index (κ3) is 6.93. The Morgan fingerprint density at radius 1 is 0.381 bits per heavy atom. The van der Waals surface area contributed by atoms with Gasteiger partial charge in [0, 0.05) is 80.7 Å². The van der Waals surface area contributed by atoms with E-state index in [1.807, 2.05) is 22.7 Å². The molecule has 0 aliphatic heterocycles. The average Bonchev–Trinajstić information content (AvgIpc) is 1.48. The molecule has 4 heterocycles. The fourth-order valence-electron chi connectivity index (χ4n) is 17.0. The number of anilines is 6. The lowest BCUT2D eigenvalue weighted by Crippen LogP contribution is -2.55. The Labute approximate surface area is 497 Å². The smallest absolute Gasteiger partial charge is 0.135 e. The van der Waals surface area contributed by atoms with Gasteiger partial charge < -0.3 is 18.6 Å². The van der Waals surface area contributed by atoms with Crippen molar-refractivity contribution in [3.05, 3.63) is 216 Å². The highest BCUT2D eigenvalue weighted by atomic mass is 32.1. The van der Waals surface area contributed by atoms with Crippen molar-refractivity contribution in [2.24, 2.45) is 23.7 Å². The van der Waals surface area contributed by atoms with Crippen molar-refractivity contribution >= 4 is 141 Å². The standard InChI is InChI=1S/C78H64N2O2S2/c1-76(2,3)46-17-15-19-50(38-46)79(52-29-31-66-58(40-52)54-21-7-11-25-64(54)81-66)62-42-60-72(70-56-23-9-13-27-68(56)83-74(62)70)73-61(78(60)48-34-44-33-45(36-48)37-49(78)35-44)43-63(75-71(73)57-24-10-14-28-69(57)84-75)80(51-20-16-18-47(39-51)77(4,5)6)53-30-32-67-59(41-53)55-22-8-12-26-65(55)82-67/h7-32,38-45,48-49H,33-37H2,1-6H3. The Morgan fingerprint density at radius 3 is 1.21 bits per heavy atom. The monoisotopic (exact) mass is 1120 g/mol. The Hall–Kier alpha value is -8.16. The van der Waals surface area contributed by atoms with Crippen molar-refractivity contribution in [1.29, 1.82) is 0 Å². The van der Waals surface area contributed by atoms with E-state index in [1.54, 1.807) is 11.1 Å². The number of thiophene rings is 2. The molecule has 4 saturated carbocycles. The third-order valence-electron chi connectivity index (χ3n) is 20.5. The molecule has 4 bridgehead atoms. The second-order valence-corrected chi connectivity index (χ2v) is 29.3. The van der Waals surface area contributed by atoms with E-state index in [0.29, 0.717) is 11.8 Å². The molecule has 0 N–H and O–H groups in total. The molecule has 5 aliphatic carbocycles. The largest absolute Gasteiger partial charge is 0.456 e. The lowest BCUT2D eigenvalue weighted by molar-refractivity contribution is -0.0398. The number of benzene rings is 10. The second kappa shape index (κ2) is 17.5. The van der Waals surface area contributed by atoms with Crippen LogP contribution >= 0.6 is 22.7 Å². The van der Waals surface area contributed by atoms with Crippen molar-refractivity contribution < 1.29 is 8.83 Å². The van der Waals surface area contributed by atoms with Crippen LogP contribution in [0, 0.1) is 23.7 Å².